The highest BCUT2D eigenvalue weighted by Crippen LogP contribution is 2.34. The van der Waals surface area contributed by atoms with Gasteiger partial charge in [0.25, 0.3) is 5.91 Å². The molecule has 242 valence electrons. The number of hydrogen-bond donors (Lipinski definition) is 3. The Morgan fingerprint density at radius 3 is 2.47 bits per heavy atom. The normalized spacial score (nSPS) is 11.1. The zero-order chi connectivity index (χ0) is 33.7. The molecule has 14 heteroatoms. The molecule has 5 aromatic rings. The molecule has 0 radical (unpaired) electrons. The van der Waals surface area contributed by atoms with Gasteiger partial charge in [-0.3, -0.25) is 19.6 Å². The fraction of sp³-hybridized carbons (Fsp3) is 0.182. The van der Waals surface area contributed by atoms with Crippen molar-refractivity contribution >= 4 is 46.8 Å². The van der Waals surface area contributed by atoms with E-state index in [9.17, 15) is 22.8 Å². The second kappa shape index (κ2) is 13.6. The largest absolute Gasteiger partial charge is 0.416 e. The third-order valence-corrected chi connectivity index (χ3v) is 7.33. The number of amides is 2. The maximum Gasteiger partial charge on any atom is 0.416 e. The minimum absolute atomic E-state index is 0.123. The van der Waals surface area contributed by atoms with Crippen LogP contribution in [0.15, 0.2) is 85.5 Å². The lowest BCUT2D eigenvalue weighted by Gasteiger charge is -2.27. The van der Waals surface area contributed by atoms with Crippen molar-refractivity contribution in [3.63, 3.8) is 0 Å². The van der Waals surface area contributed by atoms with Crippen LogP contribution in [0.4, 0.5) is 47.7 Å². The Kier molecular flexibility index (Phi) is 9.40. The maximum absolute atomic E-state index is 13.2. The van der Waals surface area contributed by atoms with Crippen LogP contribution in [-0.2, 0) is 17.4 Å². The van der Waals surface area contributed by atoms with Crippen LogP contribution in [0.25, 0.3) is 5.82 Å². The zero-order valence-electron chi connectivity index (χ0n) is 26.0. The third-order valence-electron chi connectivity index (χ3n) is 7.33. The molecule has 11 nitrogen and oxygen atoms in total. The molecule has 3 N–H and O–H groups in total. The van der Waals surface area contributed by atoms with E-state index in [1.165, 1.54) is 18.5 Å². The van der Waals surface area contributed by atoms with E-state index in [0.717, 1.165) is 34.6 Å². The van der Waals surface area contributed by atoms with Gasteiger partial charge in [-0.15, -0.1) is 0 Å². The lowest BCUT2D eigenvalue weighted by Crippen LogP contribution is -2.34. The first-order valence-electron chi connectivity index (χ1n) is 14.5. The minimum atomic E-state index is -4.57. The molecule has 2 amide bonds. The number of benzene rings is 3. The van der Waals surface area contributed by atoms with Crippen LogP contribution in [0.2, 0.25) is 0 Å². The maximum atomic E-state index is 13.2. The number of aromatic nitrogens is 4. The van der Waals surface area contributed by atoms with E-state index >= 15 is 0 Å². The number of alkyl halides is 3. The van der Waals surface area contributed by atoms with Gasteiger partial charge in [0.15, 0.2) is 5.82 Å². The van der Waals surface area contributed by atoms with Crippen molar-refractivity contribution in [2.45, 2.75) is 26.4 Å². The number of hydrazine groups is 1. The first-order chi connectivity index (χ1) is 22.5. The van der Waals surface area contributed by atoms with Crippen molar-refractivity contribution in [2.75, 3.05) is 34.6 Å². The molecule has 0 saturated heterocycles. The molecule has 0 saturated carbocycles. The number of anilines is 6. The van der Waals surface area contributed by atoms with E-state index in [0.29, 0.717) is 41.8 Å². The van der Waals surface area contributed by atoms with Gasteiger partial charge in [-0.25, -0.2) is 20.0 Å². The van der Waals surface area contributed by atoms with Crippen LogP contribution < -0.4 is 26.0 Å². The van der Waals surface area contributed by atoms with E-state index in [1.807, 2.05) is 51.0 Å². The number of nitrogens with one attached hydrogen (secondary N) is 3. The summed E-state index contributed by atoms with van der Waals surface area (Å²) in [5.41, 5.74) is 6.24. The molecule has 2 aromatic heterocycles. The molecule has 0 aliphatic carbocycles. The van der Waals surface area contributed by atoms with Crippen LogP contribution >= 0.6 is 0 Å². The number of carbonyl (C=O) groups excluding carboxylic acids is 2. The average Bonchev–Trinajstić information content (AvgIpc) is 3.52. The van der Waals surface area contributed by atoms with Gasteiger partial charge in [-0.2, -0.15) is 13.2 Å². The molecule has 0 spiro atoms. The van der Waals surface area contributed by atoms with Crippen LogP contribution in [-0.4, -0.2) is 45.9 Å². The fourth-order valence-corrected chi connectivity index (χ4v) is 5.03. The lowest BCUT2D eigenvalue weighted by molar-refractivity contribution is -0.137. The second-order valence-electron chi connectivity index (χ2n) is 10.6. The van der Waals surface area contributed by atoms with Crippen LogP contribution in [0.3, 0.4) is 0 Å². The molecule has 0 aliphatic heterocycles. The number of imidazole rings is 1. The summed E-state index contributed by atoms with van der Waals surface area (Å²) in [5, 5.41) is 7.50. The van der Waals surface area contributed by atoms with Crippen molar-refractivity contribution in [3.05, 3.63) is 108 Å². The smallest absolute Gasteiger partial charge is 0.377 e. The fourth-order valence-electron chi connectivity index (χ4n) is 5.03. The molecule has 0 bridgehead atoms. The molecule has 3 aromatic carbocycles. The van der Waals surface area contributed by atoms with Crippen LogP contribution in [0, 0.1) is 6.92 Å². The summed E-state index contributed by atoms with van der Waals surface area (Å²) in [4.78, 5) is 39.8. The van der Waals surface area contributed by atoms with Crippen molar-refractivity contribution in [3.8, 4) is 5.82 Å². The third kappa shape index (κ3) is 7.16. The summed E-state index contributed by atoms with van der Waals surface area (Å²) in [6.07, 6.45) is 1.37. The molecular weight excluding hydrogens is 611 g/mol. The van der Waals surface area contributed by atoms with E-state index in [4.69, 9.17) is 0 Å². The number of halogens is 3. The predicted octanol–water partition coefficient (Wildman–Crippen LogP) is 6.41. The predicted molar refractivity (Wildman–Crippen MR) is 174 cm³/mol. The van der Waals surface area contributed by atoms with E-state index in [2.05, 4.69) is 31.0 Å². The lowest BCUT2D eigenvalue weighted by atomic mass is 10.1. The quantitative estimate of drug-likeness (QED) is 0.112. The summed E-state index contributed by atoms with van der Waals surface area (Å²) in [6, 6.07) is 16.8. The Bertz CT molecular complexity index is 1910. The van der Waals surface area contributed by atoms with Gasteiger partial charge in [-0.05, 0) is 61.4 Å². The number of aryl methyl sites for hydroxylation is 1. The van der Waals surface area contributed by atoms with Gasteiger partial charge in [-0.1, -0.05) is 25.1 Å². The Labute approximate surface area is 269 Å². The van der Waals surface area contributed by atoms with E-state index in [1.54, 1.807) is 46.2 Å². The van der Waals surface area contributed by atoms with Crippen LogP contribution in [0.1, 0.15) is 34.0 Å². The average molecular weight is 644 g/mol. The molecule has 0 atom stereocenters. The molecule has 47 heavy (non-hydrogen) atoms. The Balaban J connectivity index is 1.42. The Hall–Kier alpha value is -5.92. The van der Waals surface area contributed by atoms with Crippen LogP contribution in [0.5, 0.6) is 0 Å². The molecule has 0 fully saturated rings. The number of rotatable bonds is 11. The highest BCUT2D eigenvalue weighted by molar-refractivity contribution is 6.04. The first-order valence-corrected chi connectivity index (χ1v) is 14.5. The van der Waals surface area contributed by atoms with Gasteiger partial charge in [0.2, 0.25) is 12.4 Å². The van der Waals surface area contributed by atoms with Gasteiger partial charge in [0.05, 0.1) is 11.3 Å². The molecule has 2 heterocycles. The minimum Gasteiger partial charge on any atom is -0.377 e. The number of hydrogen-bond acceptors (Lipinski definition) is 8. The number of carbonyl (C=O) groups is 2. The molecule has 0 unspecified atom stereocenters. The number of nitrogens with zero attached hydrogens (tertiary/aromatic N) is 6. The summed E-state index contributed by atoms with van der Waals surface area (Å²) in [7, 11) is 3.90. The Morgan fingerprint density at radius 1 is 0.979 bits per heavy atom. The summed E-state index contributed by atoms with van der Waals surface area (Å²) < 4.78 is 41.2. The highest BCUT2D eigenvalue weighted by Gasteiger charge is 2.31. The summed E-state index contributed by atoms with van der Waals surface area (Å²) >= 11 is 0. The molecule has 5 rings (SSSR count). The summed E-state index contributed by atoms with van der Waals surface area (Å²) in [5.74, 6) is 0.554. The Morgan fingerprint density at radius 2 is 1.74 bits per heavy atom. The standard InChI is InChI=1S/C33H32F3N9O2/c1-5-25-27(43(3)4)10-7-11-28(25)45(40-20-46)30-18-29(38-19-39-30)44-15-14-37-32(44)42-26-17-24(13-12-21(26)2)41-31(47)22-8-6-9-23(16-22)33(34,35)36/h6-20H,5H2,1-4H3,(H,37,42)(H,40,46)(H,41,47). The second-order valence-corrected chi connectivity index (χ2v) is 10.6. The van der Waals surface area contributed by atoms with Gasteiger partial charge in [0, 0.05) is 60.7 Å². The zero-order valence-corrected chi connectivity index (χ0v) is 26.0. The van der Waals surface area contributed by atoms with E-state index < -0.39 is 17.6 Å². The monoisotopic (exact) mass is 643 g/mol. The van der Waals surface area contributed by atoms with Crippen molar-refractivity contribution in [2.24, 2.45) is 0 Å². The highest BCUT2D eigenvalue weighted by atomic mass is 19.4. The van der Waals surface area contributed by atoms with Crippen molar-refractivity contribution in [1.29, 1.82) is 0 Å². The van der Waals surface area contributed by atoms with Gasteiger partial charge in [0.1, 0.15) is 12.1 Å². The topological polar surface area (TPSA) is 120 Å². The SMILES string of the molecule is CCc1c(N(C)C)cccc1N(NC=O)c1cc(-n2ccnc2Nc2cc(NC(=O)c3cccc(C(F)(F)F)c3)ccc2C)ncn1. The van der Waals surface area contributed by atoms with Crippen molar-refractivity contribution in [1.82, 2.24) is 24.9 Å². The molecule has 0 aliphatic rings. The van der Waals surface area contributed by atoms with E-state index in [-0.39, 0.29) is 5.56 Å². The molecular formula is C33H32F3N9O2. The van der Waals surface area contributed by atoms with Crippen molar-refractivity contribution < 1.29 is 22.8 Å². The van der Waals surface area contributed by atoms with Gasteiger partial charge >= 0.3 is 6.18 Å². The first kappa shape index (κ1) is 32.5. The van der Waals surface area contributed by atoms with Gasteiger partial charge < -0.3 is 15.5 Å². The summed E-state index contributed by atoms with van der Waals surface area (Å²) in [6.45, 7) is 3.89.